The van der Waals surface area contributed by atoms with Crippen molar-refractivity contribution in [2.75, 3.05) is 0 Å². The van der Waals surface area contributed by atoms with Gasteiger partial charge in [-0.05, 0) is 30.0 Å². The summed E-state index contributed by atoms with van der Waals surface area (Å²) in [5.41, 5.74) is 2.47. The van der Waals surface area contributed by atoms with Crippen LogP contribution in [0.1, 0.15) is 17.5 Å². The van der Waals surface area contributed by atoms with Crippen molar-refractivity contribution in [2.45, 2.75) is 19.8 Å². The number of ketones is 1. The number of benzene rings is 1. The maximum atomic E-state index is 11.2. The number of carbonyl (C=O) groups excluding carboxylic acids is 1. The zero-order valence-electron chi connectivity index (χ0n) is 8.16. The van der Waals surface area contributed by atoms with Crippen molar-refractivity contribution in [3.05, 3.63) is 46.5 Å². The lowest BCUT2D eigenvalue weighted by Crippen LogP contribution is -1.95. The molecule has 0 unspecified atom stereocenters. The van der Waals surface area contributed by atoms with Crippen LogP contribution in [-0.4, -0.2) is 5.78 Å². The third kappa shape index (κ3) is 3.88. The molecule has 0 atom stereocenters. The second kappa shape index (κ2) is 5.76. The molecule has 0 N–H and O–H groups in total. The van der Waals surface area contributed by atoms with Gasteiger partial charge in [0.25, 0.3) is 0 Å². The molecular formula is C12H13BrO. The molecule has 0 bridgehead atoms. The summed E-state index contributed by atoms with van der Waals surface area (Å²) >= 11 is 3.09. The van der Waals surface area contributed by atoms with Crippen LogP contribution in [0.3, 0.4) is 0 Å². The number of aryl methyl sites for hydroxylation is 2. The first-order valence-corrected chi connectivity index (χ1v) is 5.49. The van der Waals surface area contributed by atoms with Crippen molar-refractivity contribution in [3.63, 3.8) is 0 Å². The average molecular weight is 253 g/mol. The van der Waals surface area contributed by atoms with E-state index >= 15 is 0 Å². The standard InChI is InChI=1S/C12H13BrO/c1-10-3-2-4-11(9-10)5-6-12(14)7-8-13/h2-4,7-9H,5-6H2,1H3/b8-7+. The van der Waals surface area contributed by atoms with Crippen LogP contribution in [0.2, 0.25) is 0 Å². The van der Waals surface area contributed by atoms with Gasteiger partial charge in [0.1, 0.15) is 0 Å². The first-order valence-electron chi connectivity index (χ1n) is 4.57. The van der Waals surface area contributed by atoms with Gasteiger partial charge in [0.2, 0.25) is 0 Å². The van der Waals surface area contributed by atoms with Crippen LogP contribution in [0.15, 0.2) is 35.3 Å². The third-order valence-electron chi connectivity index (χ3n) is 1.99. The maximum Gasteiger partial charge on any atom is 0.156 e. The van der Waals surface area contributed by atoms with E-state index in [-0.39, 0.29) is 5.78 Å². The molecule has 1 nitrogen and oxygen atoms in total. The Morgan fingerprint density at radius 3 is 2.93 bits per heavy atom. The summed E-state index contributed by atoms with van der Waals surface area (Å²) in [4.78, 5) is 12.8. The molecule has 2 heteroatoms. The van der Waals surface area contributed by atoms with Gasteiger partial charge in [-0.1, -0.05) is 45.8 Å². The van der Waals surface area contributed by atoms with E-state index in [9.17, 15) is 4.79 Å². The Labute approximate surface area is 93.0 Å². The number of allylic oxidation sites excluding steroid dienone is 1. The van der Waals surface area contributed by atoms with E-state index in [1.54, 1.807) is 11.1 Å². The molecule has 0 saturated carbocycles. The topological polar surface area (TPSA) is 17.1 Å². The molecule has 1 aromatic carbocycles. The molecule has 1 rings (SSSR count). The monoisotopic (exact) mass is 252 g/mol. The van der Waals surface area contributed by atoms with E-state index in [1.165, 1.54) is 11.1 Å². The fourth-order valence-corrected chi connectivity index (χ4v) is 1.58. The lowest BCUT2D eigenvalue weighted by atomic mass is 10.1. The molecule has 0 aromatic heterocycles. The molecule has 0 aliphatic rings. The summed E-state index contributed by atoms with van der Waals surface area (Å²) in [5.74, 6) is 0.156. The van der Waals surface area contributed by atoms with Crippen LogP contribution < -0.4 is 0 Å². The summed E-state index contributed by atoms with van der Waals surface area (Å²) < 4.78 is 0. The quantitative estimate of drug-likeness (QED) is 0.751. The van der Waals surface area contributed by atoms with Crippen LogP contribution in [-0.2, 0) is 11.2 Å². The first kappa shape index (κ1) is 11.2. The normalized spacial score (nSPS) is 10.7. The highest BCUT2D eigenvalue weighted by atomic mass is 79.9. The van der Waals surface area contributed by atoms with Gasteiger partial charge < -0.3 is 0 Å². The Bertz CT molecular complexity index is 342. The molecule has 0 amide bonds. The van der Waals surface area contributed by atoms with Crippen molar-refractivity contribution in [1.82, 2.24) is 0 Å². The van der Waals surface area contributed by atoms with Crippen molar-refractivity contribution in [2.24, 2.45) is 0 Å². The van der Waals surface area contributed by atoms with Crippen LogP contribution >= 0.6 is 15.9 Å². The van der Waals surface area contributed by atoms with Gasteiger partial charge in [0.15, 0.2) is 5.78 Å². The van der Waals surface area contributed by atoms with E-state index in [0.717, 1.165) is 6.42 Å². The van der Waals surface area contributed by atoms with Gasteiger partial charge in [0.05, 0.1) is 0 Å². The minimum absolute atomic E-state index is 0.156. The van der Waals surface area contributed by atoms with E-state index < -0.39 is 0 Å². The molecular weight excluding hydrogens is 240 g/mol. The highest BCUT2D eigenvalue weighted by Crippen LogP contribution is 2.07. The molecule has 0 radical (unpaired) electrons. The minimum Gasteiger partial charge on any atom is -0.295 e. The minimum atomic E-state index is 0.156. The van der Waals surface area contributed by atoms with Gasteiger partial charge in [0, 0.05) is 6.42 Å². The molecule has 14 heavy (non-hydrogen) atoms. The SMILES string of the molecule is Cc1cccc(CCC(=O)/C=C/Br)c1. The van der Waals surface area contributed by atoms with Crippen molar-refractivity contribution in [1.29, 1.82) is 0 Å². The lowest BCUT2D eigenvalue weighted by molar-refractivity contribution is -0.114. The zero-order valence-corrected chi connectivity index (χ0v) is 9.75. The van der Waals surface area contributed by atoms with Gasteiger partial charge in [-0.3, -0.25) is 4.79 Å². The van der Waals surface area contributed by atoms with Crippen molar-refractivity contribution >= 4 is 21.7 Å². The smallest absolute Gasteiger partial charge is 0.156 e. The summed E-state index contributed by atoms with van der Waals surface area (Å²) in [7, 11) is 0. The third-order valence-corrected chi connectivity index (χ3v) is 2.26. The predicted molar refractivity (Wildman–Crippen MR) is 62.6 cm³/mol. The van der Waals surface area contributed by atoms with Crippen LogP contribution in [0.5, 0.6) is 0 Å². The fourth-order valence-electron chi connectivity index (χ4n) is 1.29. The number of carbonyl (C=O) groups is 1. The molecule has 0 fully saturated rings. The Morgan fingerprint density at radius 2 is 2.29 bits per heavy atom. The van der Waals surface area contributed by atoms with Gasteiger partial charge >= 0.3 is 0 Å². The Morgan fingerprint density at radius 1 is 1.50 bits per heavy atom. The molecule has 0 heterocycles. The Balaban J connectivity index is 2.49. The largest absolute Gasteiger partial charge is 0.295 e. The highest BCUT2D eigenvalue weighted by Gasteiger charge is 1.98. The molecule has 0 aliphatic carbocycles. The summed E-state index contributed by atoms with van der Waals surface area (Å²) in [6, 6.07) is 8.25. The number of hydrogen-bond acceptors (Lipinski definition) is 1. The molecule has 0 saturated heterocycles. The molecule has 0 aliphatic heterocycles. The Hall–Kier alpha value is -0.890. The summed E-state index contributed by atoms with van der Waals surface area (Å²) in [6.07, 6.45) is 2.94. The van der Waals surface area contributed by atoms with Crippen molar-refractivity contribution < 1.29 is 4.79 Å². The van der Waals surface area contributed by atoms with E-state index in [2.05, 4.69) is 41.1 Å². The van der Waals surface area contributed by atoms with E-state index in [1.807, 2.05) is 6.07 Å². The summed E-state index contributed by atoms with van der Waals surface area (Å²) in [5, 5.41) is 0. The maximum absolute atomic E-state index is 11.2. The molecule has 1 aromatic rings. The Kier molecular flexibility index (Phi) is 4.60. The number of halogens is 1. The zero-order chi connectivity index (χ0) is 10.4. The number of hydrogen-bond donors (Lipinski definition) is 0. The van der Waals surface area contributed by atoms with Gasteiger partial charge in [-0.25, -0.2) is 0 Å². The second-order valence-corrected chi connectivity index (χ2v) is 3.78. The second-order valence-electron chi connectivity index (χ2n) is 3.25. The number of rotatable bonds is 4. The van der Waals surface area contributed by atoms with Gasteiger partial charge in [-0.15, -0.1) is 0 Å². The molecule has 0 spiro atoms. The van der Waals surface area contributed by atoms with Crippen LogP contribution in [0.25, 0.3) is 0 Å². The van der Waals surface area contributed by atoms with Gasteiger partial charge in [-0.2, -0.15) is 0 Å². The van der Waals surface area contributed by atoms with E-state index in [4.69, 9.17) is 0 Å². The van der Waals surface area contributed by atoms with E-state index in [0.29, 0.717) is 6.42 Å². The lowest BCUT2D eigenvalue weighted by Gasteiger charge is -1.99. The summed E-state index contributed by atoms with van der Waals surface area (Å²) in [6.45, 7) is 2.06. The predicted octanol–water partition coefficient (Wildman–Crippen LogP) is 3.41. The first-order chi connectivity index (χ1) is 6.72. The average Bonchev–Trinajstić information content (AvgIpc) is 2.15. The van der Waals surface area contributed by atoms with Crippen LogP contribution in [0.4, 0.5) is 0 Å². The van der Waals surface area contributed by atoms with Crippen LogP contribution in [0, 0.1) is 6.92 Å². The van der Waals surface area contributed by atoms with Crippen molar-refractivity contribution in [3.8, 4) is 0 Å². The fraction of sp³-hybridized carbons (Fsp3) is 0.250. The molecule has 74 valence electrons. The highest BCUT2D eigenvalue weighted by molar-refractivity contribution is 9.11.